The molecule has 2 rings (SSSR count). The van der Waals surface area contributed by atoms with E-state index in [4.69, 9.17) is 4.74 Å². The highest BCUT2D eigenvalue weighted by Crippen LogP contribution is 2.45. The third kappa shape index (κ3) is 2.10. The summed E-state index contributed by atoms with van der Waals surface area (Å²) in [5, 5.41) is 0. The van der Waals surface area contributed by atoms with Crippen LogP contribution in [-0.2, 0) is 9.53 Å². The van der Waals surface area contributed by atoms with Gasteiger partial charge in [-0.15, -0.1) is 0 Å². The van der Waals surface area contributed by atoms with E-state index in [2.05, 4.69) is 0 Å². The van der Waals surface area contributed by atoms with E-state index in [0.29, 0.717) is 29.6 Å². The summed E-state index contributed by atoms with van der Waals surface area (Å²) in [6.45, 7) is 1.77. The van der Waals surface area contributed by atoms with E-state index in [0.717, 1.165) is 6.42 Å². The van der Waals surface area contributed by atoms with Crippen LogP contribution in [0.15, 0.2) is 0 Å². The molecule has 15 heavy (non-hydrogen) atoms. The maximum atomic E-state index is 11.6. The molecule has 0 aromatic heterocycles. The zero-order valence-corrected chi connectivity index (χ0v) is 9.87. The average Bonchev–Trinajstić information content (AvgIpc) is 2.27. The van der Waals surface area contributed by atoms with Crippen LogP contribution in [0.1, 0.15) is 45.4 Å². The monoisotopic (exact) mass is 210 g/mol. The molecular formula is C13H22O2. The summed E-state index contributed by atoms with van der Waals surface area (Å²) in [5.41, 5.74) is 0. The van der Waals surface area contributed by atoms with Crippen LogP contribution >= 0.6 is 0 Å². The number of rotatable bonds is 2. The maximum Gasteiger partial charge on any atom is 0.133 e. The second-order valence-corrected chi connectivity index (χ2v) is 5.18. The van der Waals surface area contributed by atoms with E-state index in [1.165, 1.54) is 32.1 Å². The second-order valence-electron chi connectivity index (χ2n) is 5.18. The van der Waals surface area contributed by atoms with E-state index in [-0.39, 0.29) is 0 Å². The van der Waals surface area contributed by atoms with Crippen molar-refractivity contribution in [2.24, 2.45) is 17.8 Å². The Kier molecular flexibility index (Phi) is 3.45. The maximum absolute atomic E-state index is 11.6. The van der Waals surface area contributed by atoms with E-state index in [1.54, 1.807) is 6.92 Å². The fourth-order valence-corrected chi connectivity index (χ4v) is 3.74. The summed E-state index contributed by atoms with van der Waals surface area (Å²) in [4.78, 5) is 11.6. The zero-order chi connectivity index (χ0) is 10.8. The molecule has 0 heterocycles. The Bertz CT molecular complexity index is 237. The summed E-state index contributed by atoms with van der Waals surface area (Å²) in [7, 11) is 1.82. The highest BCUT2D eigenvalue weighted by atomic mass is 16.5. The first kappa shape index (κ1) is 11.1. The molecule has 86 valence electrons. The predicted molar refractivity (Wildman–Crippen MR) is 59.7 cm³/mol. The largest absolute Gasteiger partial charge is 0.381 e. The van der Waals surface area contributed by atoms with Gasteiger partial charge in [0.2, 0.25) is 0 Å². The third-order valence-electron chi connectivity index (χ3n) is 4.45. The van der Waals surface area contributed by atoms with Crippen LogP contribution in [0.4, 0.5) is 0 Å². The van der Waals surface area contributed by atoms with E-state index in [1.807, 2.05) is 7.11 Å². The number of Topliss-reactive ketones (excluding diaryl/α,β-unsaturated/α-hetero) is 1. The average molecular weight is 210 g/mol. The molecule has 2 saturated carbocycles. The van der Waals surface area contributed by atoms with Crippen molar-refractivity contribution >= 4 is 5.78 Å². The van der Waals surface area contributed by atoms with E-state index >= 15 is 0 Å². The van der Waals surface area contributed by atoms with Crippen LogP contribution in [-0.4, -0.2) is 19.0 Å². The molecule has 0 aliphatic heterocycles. The highest BCUT2D eigenvalue weighted by molar-refractivity contribution is 5.78. The zero-order valence-electron chi connectivity index (χ0n) is 9.87. The van der Waals surface area contributed by atoms with Crippen LogP contribution in [0.2, 0.25) is 0 Å². The Morgan fingerprint density at radius 2 is 1.73 bits per heavy atom. The van der Waals surface area contributed by atoms with Gasteiger partial charge in [0, 0.05) is 13.0 Å². The predicted octanol–water partition coefficient (Wildman–Crippen LogP) is 2.81. The normalized spacial score (nSPS) is 40.9. The number of methoxy groups -OCH3 is 1. The Hall–Kier alpha value is -0.370. The molecule has 2 heteroatoms. The van der Waals surface area contributed by atoms with Crippen molar-refractivity contribution < 1.29 is 9.53 Å². The molecule has 4 unspecified atom stereocenters. The highest BCUT2D eigenvalue weighted by Gasteiger charge is 2.41. The summed E-state index contributed by atoms with van der Waals surface area (Å²) in [6, 6.07) is 0. The van der Waals surface area contributed by atoms with Gasteiger partial charge in [-0.3, -0.25) is 4.79 Å². The third-order valence-corrected chi connectivity index (χ3v) is 4.45. The Morgan fingerprint density at radius 3 is 2.40 bits per heavy atom. The lowest BCUT2D eigenvalue weighted by Gasteiger charge is -2.44. The summed E-state index contributed by atoms with van der Waals surface area (Å²) in [6.07, 6.45) is 7.71. The minimum absolute atomic E-state index is 0.335. The van der Waals surface area contributed by atoms with Gasteiger partial charge in [0.15, 0.2) is 0 Å². The van der Waals surface area contributed by atoms with Crippen LogP contribution in [0, 0.1) is 17.8 Å². The Morgan fingerprint density at radius 1 is 1.07 bits per heavy atom. The first-order chi connectivity index (χ1) is 7.24. The molecule has 2 aliphatic rings. The fourth-order valence-electron chi connectivity index (χ4n) is 3.74. The molecule has 2 fully saturated rings. The molecule has 0 saturated heterocycles. The molecular weight excluding hydrogens is 188 g/mol. The number of ether oxygens (including phenoxy) is 1. The first-order valence-corrected chi connectivity index (χ1v) is 6.27. The van der Waals surface area contributed by atoms with Crippen LogP contribution in [0.25, 0.3) is 0 Å². The van der Waals surface area contributed by atoms with Crippen LogP contribution in [0.3, 0.4) is 0 Å². The van der Waals surface area contributed by atoms with Crippen molar-refractivity contribution in [3.63, 3.8) is 0 Å². The van der Waals surface area contributed by atoms with Crippen molar-refractivity contribution in [2.45, 2.75) is 51.6 Å². The lowest BCUT2D eigenvalue weighted by atomic mass is 9.63. The number of hydrogen-bond acceptors (Lipinski definition) is 2. The smallest absolute Gasteiger partial charge is 0.133 e. The molecule has 0 amide bonds. The van der Waals surface area contributed by atoms with Crippen LogP contribution in [0.5, 0.6) is 0 Å². The molecule has 0 spiro atoms. The van der Waals surface area contributed by atoms with Gasteiger partial charge in [-0.2, -0.15) is 0 Å². The molecule has 0 aromatic rings. The molecule has 2 nitrogen and oxygen atoms in total. The van der Waals surface area contributed by atoms with Crippen molar-refractivity contribution in [1.29, 1.82) is 0 Å². The van der Waals surface area contributed by atoms with Crippen molar-refractivity contribution in [1.82, 2.24) is 0 Å². The lowest BCUT2D eigenvalue weighted by Crippen LogP contribution is -2.42. The van der Waals surface area contributed by atoms with Crippen molar-refractivity contribution in [2.75, 3.05) is 7.11 Å². The molecule has 0 N–H and O–H groups in total. The fraction of sp³-hybridized carbons (Fsp3) is 0.923. The van der Waals surface area contributed by atoms with Gasteiger partial charge in [-0.05, 0) is 44.4 Å². The van der Waals surface area contributed by atoms with Gasteiger partial charge in [-0.1, -0.05) is 12.8 Å². The standard InChI is InChI=1S/C13H22O2/c1-9(14)10-5-3-7-12-11(10)6-4-8-13(12)15-2/h10-13H,3-8H2,1-2H3. The van der Waals surface area contributed by atoms with Gasteiger partial charge in [0.05, 0.1) is 6.10 Å². The van der Waals surface area contributed by atoms with Gasteiger partial charge in [0.1, 0.15) is 5.78 Å². The lowest BCUT2D eigenvalue weighted by molar-refractivity contribution is -0.127. The Balaban J connectivity index is 2.11. The number of hydrogen-bond donors (Lipinski definition) is 0. The molecule has 0 bridgehead atoms. The number of ketones is 1. The van der Waals surface area contributed by atoms with Gasteiger partial charge < -0.3 is 4.74 Å². The number of fused-ring (bicyclic) bond motifs is 1. The van der Waals surface area contributed by atoms with Gasteiger partial charge in [-0.25, -0.2) is 0 Å². The summed E-state index contributed by atoms with van der Waals surface area (Å²) in [5.74, 6) is 2.02. The first-order valence-electron chi connectivity index (χ1n) is 6.27. The van der Waals surface area contributed by atoms with Crippen LogP contribution < -0.4 is 0 Å². The van der Waals surface area contributed by atoms with Gasteiger partial charge >= 0.3 is 0 Å². The van der Waals surface area contributed by atoms with E-state index in [9.17, 15) is 4.79 Å². The SMILES string of the molecule is COC1CCCC2C(C(C)=O)CCCC12. The molecule has 2 aliphatic carbocycles. The quantitative estimate of drug-likeness (QED) is 0.700. The minimum atomic E-state index is 0.335. The van der Waals surface area contributed by atoms with E-state index < -0.39 is 0 Å². The molecule has 0 aromatic carbocycles. The summed E-state index contributed by atoms with van der Waals surface area (Å²) >= 11 is 0. The van der Waals surface area contributed by atoms with Gasteiger partial charge in [0.25, 0.3) is 0 Å². The minimum Gasteiger partial charge on any atom is -0.381 e. The topological polar surface area (TPSA) is 26.3 Å². The molecule has 0 radical (unpaired) electrons. The summed E-state index contributed by atoms with van der Waals surface area (Å²) < 4.78 is 5.58. The number of carbonyl (C=O) groups excluding carboxylic acids is 1. The second kappa shape index (κ2) is 4.65. The molecule has 4 atom stereocenters. The Labute approximate surface area is 92.4 Å². The van der Waals surface area contributed by atoms with Crippen molar-refractivity contribution in [3.05, 3.63) is 0 Å². The van der Waals surface area contributed by atoms with Crippen molar-refractivity contribution in [3.8, 4) is 0 Å². The number of carbonyl (C=O) groups is 1.